The number of nitrogens with zero attached hydrogens (tertiary/aromatic N) is 1. The Morgan fingerprint density at radius 1 is 1.08 bits per heavy atom. The molecule has 4 atom stereocenters. The number of ether oxygens (including phenoxy) is 1. The van der Waals surface area contributed by atoms with E-state index in [0.29, 0.717) is 12.5 Å². The Hall–Kier alpha value is -1.06. The Kier molecular flexibility index (Phi) is 2.86. The van der Waals surface area contributed by atoms with Gasteiger partial charge in [-0.1, -0.05) is 34.6 Å². The summed E-state index contributed by atoms with van der Waals surface area (Å²) in [6, 6.07) is 0.294. The zero-order valence-corrected chi connectivity index (χ0v) is 16.0. The van der Waals surface area contributed by atoms with Gasteiger partial charge in [-0.15, -0.1) is 0 Å². The molecule has 2 aliphatic heterocycles. The van der Waals surface area contributed by atoms with Crippen molar-refractivity contribution in [3.8, 4) is 0 Å². The molecule has 2 aliphatic carbocycles. The van der Waals surface area contributed by atoms with Crippen LogP contribution in [0.2, 0.25) is 0 Å². The topological polar surface area (TPSA) is 46.6 Å². The number of amides is 1. The van der Waals surface area contributed by atoms with Gasteiger partial charge in [-0.2, -0.15) is 0 Å². The maximum atomic E-state index is 13.7. The highest BCUT2D eigenvalue weighted by atomic mass is 16.6. The van der Waals surface area contributed by atoms with E-state index < -0.39 is 16.4 Å². The lowest BCUT2D eigenvalue weighted by molar-refractivity contribution is -0.174. The molecule has 0 aromatic carbocycles. The molecule has 4 fully saturated rings. The fraction of sp³-hybridized carbons (Fsp3) is 0.900. The highest BCUT2D eigenvalue weighted by molar-refractivity contribution is 5.96. The smallest absolute Gasteiger partial charge is 0.313 e. The van der Waals surface area contributed by atoms with Crippen molar-refractivity contribution in [2.24, 2.45) is 21.7 Å². The van der Waals surface area contributed by atoms with Gasteiger partial charge in [0.05, 0.1) is 5.41 Å². The molecule has 0 aromatic rings. The summed E-state index contributed by atoms with van der Waals surface area (Å²) < 4.78 is 5.84. The molecule has 0 N–H and O–H groups in total. The first-order valence-electron chi connectivity index (χ1n) is 9.41. The van der Waals surface area contributed by atoms with Gasteiger partial charge >= 0.3 is 5.97 Å². The molecule has 2 saturated carbocycles. The van der Waals surface area contributed by atoms with Crippen LogP contribution in [0.25, 0.3) is 0 Å². The van der Waals surface area contributed by atoms with Gasteiger partial charge in [-0.05, 0) is 49.9 Å². The van der Waals surface area contributed by atoms with Crippen LogP contribution in [0.1, 0.15) is 73.6 Å². The van der Waals surface area contributed by atoms with E-state index in [1.165, 1.54) is 0 Å². The van der Waals surface area contributed by atoms with Crippen LogP contribution in [0.15, 0.2) is 0 Å². The minimum Gasteiger partial charge on any atom is -0.448 e. The SMILES string of the molecule is CC1(C)C[C@H]2C[C@](C)(CN2C(=O)[C@@]23CC[C@@](C)(C(=O)O2)C3(C)C)C1. The molecule has 134 valence electrons. The number of fused-ring (bicyclic) bond motifs is 4. The molecular formula is C20H31NO3. The third-order valence-electron chi connectivity index (χ3n) is 8.10. The largest absolute Gasteiger partial charge is 0.448 e. The molecular weight excluding hydrogens is 302 g/mol. The van der Waals surface area contributed by atoms with Crippen LogP contribution in [-0.4, -0.2) is 35.0 Å². The van der Waals surface area contributed by atoms with Crippen LogP contribution in [-0.2, 0) is 14.3 Å². The summed E-state index contributed by atoms with van der Waals surface area (Å²) in [6.07, 6.45) is 4.73. The number of hydrogen-bond donors (Lipinski definition) is 0. The highest BCUT2D eigenvalue weighted by Crippen LogP contribution is 2.66. The highest BCUT2D eigenvalue weighted by Gasteiger charge is 2.76. The molecule has 0 radical (unpaired) electrons. The molecule has 2 saturated heterocycles. The lowest BCUT2D eigenvalue weighted by Crippen LogP contribution is -2.56. The number of carbonyl (C=O) groups is 2. The molecule has 0 unspecified atom stereocenters. The summed E-state index contributed by atoms with van der Waals surface area (Å²) >= 11 is 0. The van der Waals surface area contributed by atoms with E-state index >= 15 is 0 Å². The maximum absolute atomic E-state index is 13.7. The summed E-state index contributed by atoms with van der Waals surface area (Å²) in [5, 5.41) is 0. The number of rotatable bonds is 1. The fourth-order valence-electron chi connectivity index (χ4n) is 6.65. The molecule has 0 spiro atoms. The lowest BCUT2D eigenvalue weighted by Gasteiger charge is -2.41. The van der Waals surface area contributed by atoms with E-state index in [4.69, 9.17) is 4.74 Å². The minimum absolute atomic E-state index is 0.0773. The molecule has 4 heteroatoms. The fourth-order valence-corrected chi connectivity index (χ4v) is 6.65. The van der Waals surface area contributed by atoms with E-state index in [9.17, 15) is 9.59 Å². The summed E-state index contributed by atoms with van der Waals surface area (Å²) in [7, 11) is 0. The predicted octanol–water partition coefficient (Wildman–Crippen LogP) is 3.54. The number of esters is 1. The van der Waals surface area contributed by atoms with Crippen LogP contribution >= 0.6 is 0 Å². The Labute approximate surface area is 145 Å². The van der Waals surface area contributed by atoms with E-state index in [1.54, 1.807) is 0 Å². The van der Waals surface area contributed by atoms with Crippen LogP contribution in [0, 0.1) is 21.7 Å². The quantitative estimate of drug-likeness (QED) is 0.690. The number of likely N-dealkylation sites (tertiary alicyclic amines) is 1. The van der Waals surface area contributed by atoms with Crippen LogP contribution in [0.5, 0.6) is 0 Å². The zero-order chi connectivity index (χ0) is 17.8. The number of hydrogen-bond acceptors (Lipinski definition) is 3. The van der Waals surface area contributed by atoms with Gasteiger partial charge in [0.15, 0.2) is 5.60 Å². The summed E-state index contributed by atoms with van der Waals surface area (Å²) in [6.45, 7) is 13.8. The van der Waals surface area contributed by atoms with Crippen molar-refractivity contribution in [2.75, 3.05) is 6.54 Å². The summed E-state index contributed by atoms with van der Waals surface area (Å²) in [5.41, 5.74) is -1.44. The normalized spacial score (nSPS) is 47.8. The van der Waals surface area contributed by atoms with Crippen molar-refractivity contribution >= 4 is 11.9 Å². The van der Waals surface area contributed by atoms with Crippen LogP contribution in [0.4, 0.5) is 0 Å². The van der Waals surface area contributed by atoms with Gasteiger partial charge in [0.25, 0.3) is 5.91 Å². The Balaban J connectivity index is 1.70. The summed E-state index contributed by atoms with van der Waals surface area (Å²) in [4.78, 5) is 28.3. The van der Waals surface area contributed by atoms with Gasteiger partial charge in [-0.25, -0.2) is 0 Å². The van der Waals surface area contributed by atoms with Crippen LogP contribution in [0.3, 0.4) is 0 Å². The molecule has 4 aliphatic rings. The number of carbonyl (C=O) groups excluding carboxylic acids is 2. The van der Waals surface area contributed by atoms with E-state index in [2.05, 4.69) is 39.5 Å². The van der Waals surface area contributed by atoms with Gasteiger partial charge in [0, 0.05) is 18.0 Å². The Morgan fingerprint density at radius 3 is 2.29 bits per heavy atom. The van der Waals surface area contributed by atoms with Crippen molar-refractivity contribution in [1.82, 2.24) is 4.90 Å². The molecule has 1 amide bonds. The molecule has 4 bridgehead atoms. The second kappa shape index (κ2) is 4.19. The lowest BCUT2D eigenvalue weighted by atomic mass is 9.65. The Bertz CT molecular complexity index is 639. The van der Waals surface area contributed by atoms with Gasteiger partial charge < -0.3 is 9.64 Å². The average molecular weight is 333 g/mol. The first-order valence-corrected chi connectivity index (χ1v) is 9.41. The molecule has 4 rings (SSSR count). The van der Waals surface area contributed by atoms with Crippen molar-refractivity contribution in [3.05, 3.63) is 0 Å². The van der Waals surface area contributed by atoms with Crippen molar-refractivity contribution in [3.63, 3.8) is 0 Å². The third-order valence-corrected chi connectivity index (χ3v) is 8.10. The van der Waals surface area contributed by atoms with Gasteiger partial charge in [-0.3, -0.25) is 9.59 Å². The van der Waals surface area contributed by atoms with E-state index in [-0.39, 0.29) is 22.7 Å². The standard InChI is InChI=1S/C20H31NO3/c1-16(2)9-13-10-18(5,11-16)12-21(13)14(22)20-8-7-19(6,15(23)24-20)17(20,3)4/h13H,7-12H2,1-6H3/t13-,18-,19-,20+/m0/s1. The van der Waals surface area contributed by atoms with E-state index in [1.807, 2.05) is 6.92 Å². The van der Waals surface area contributed by atoms with Crippen LogP contribution < -0.4 is 0 Å². The third kappa shape index (κ3) is 1.70. The molecule has 24 heavy (non-hydrogen) atoms. The molecule has 2 heterocycles. The first kappa shape index (κ1) is 16.4. The Morgan fingerprint density at radius 2 is 1.75 bits per heavy atom. The second-order valence-corrected chi connectivity index (χ2v) is 10.8. The van der Waals surface area contributed by atoms with E-state index in [0.717, 1.165) is 32.2 Å². The minimum atomic E-state index is -0.948. The maximum Gasteiger partial charge on any atom is 0.313 e. The summed E-state index contributed by atoms with van der Waals surface area (Å²) in [5.74, 6) is -0.102. The van der Waals surface area contributed by atoms with Gasteiger partial charge in [0.2, 0.25) is 0 Å². The predicted molar refractivity (Wildman–Crippen MR) is 91.2 cm³/mol. The second-order valence-electron chi connectivity index (χ2n) is 10.8. The molecule has 4 nitrogen and oxygen atoms in total. The van der Waals surface area contributed by atoms with Crippen molar-refractivity contribution in [1.29, 1.82) is 0 Å². The van der Waals surface area contributed by atoms with Crippen molar-refractivity contribution < 1.29 is 14.3 Å². The average Bonchev–Trinajstić information content (AvgIpc) is 2.86. The first-order chi connectivity index (χ1) is 10.9. The van der Waals surface area contributed by atoms with Crippen molar-refractivity contribution in [2.45, 2.75) is 85.3 Å². The zero-order valence-electron chi connectivity index (χ0n) is 16.0. The monoisotopic (exact) mass is 333 g/mol. The molecule has 0 aromatic heterocycles. The van der Waals surface area contributed by atoms with Gasteiger partial charge in [0.1, 0.15) is 0 Å².